The largest absolute Gasteiger partial charge is 0.353 e. The van der Waals surface area contributed by atoms with E-state index in [2.05, 4.69) is 60.6 Å². The van der Waals surface area contributed by atoms with Gasteiger partial charge in [0, 0.05) is 13.1 Å². The van der Waals surface area contributed by atoms with Crippen molar-refractivity contribution in [3.8, 4) is 0 Å². The SMILES string of the molecule is C[C@H](Sc1nncn1C)C(=O)N[C@@H](C)CC(C)(C)c1ccccc1. The van der Waals surface area contributed by atoms with E-state index in [0.717, 1.165) is 11.6 Å². The molecule has 2 rings (SSSR count). The van der Waals surface area contributed by atoms with Gasteiger partial charge >= 0.3 is 0 Å². The van der Waals surface area contributed by atoms with Crippen LogP contribution in [0.3, 0.4) is 0 Å². The highest BCUT2D eigenvalue weighted by Crippen LogP contribution is 2.28. The van der Waals surface area contributed by atoms with Gasteiger partial charge in [-0.3, -0.25) is 4.79 Å². The number of aromatic nitrogens is 3. The average Bonchev–Trinajstić information content (AvgIpc) is 2.92. The lowest BCUT2D eigenvalue weighted by molar-refractivity contribution is -0.121. The molecule has 0 aliphatic rings. The number of hydrogen-bond acceptors (Lipinski definition) is 4. The normalized spacial score (nSPS) is 14.2. The van der Waals surface area contributed by atoms with Crippen LogP contribution in [0.4, 0.5) is 0 Å². The average molecular weight is 347 g/mol. The summed E-state index contributed by atoms with van der Waals surface area (Å²) in [4.78, 5) is 12.4. The standard InChI is InChI=1S/C18H26N4OS/c1-13(11-18(3,4)15-9-7-6-8-10-15)20-16(23)14(2)24-17-21-19-12-22(17)5/h6-10,12-14H,11H2,1-5H3,(H,20,23)/t13-,14-/m0/s1. The molecule has 1 amide bonds. The monoisotopic (exact) mass is 346 g/mol. The van der Waals surface area contributed by atoms with E-state index in [0.29, 0.717) is 0 Å². The Hall–Kier alpha value is -1.82. The highest BCUT2D eigenvalue weighted by molar-refractivity contribution is 8.00. The van der Waals surface area contributed by atoms with Crippen LogP contribution in [0.2, 0.25) is 0 Å². The summed E-state index contributed by atoms with van der Waals surface area (Å²) in [5, 5.41) is 11.5. The van der Waals surface area contributed by atoms with Crippen molar-refractivity contribution in [3.05, 3.63) is 42.2 Å². The molecular formula is C18H26N4OS. The maximum Gasteiger partial charge on any atom is 0.233 e. The zero-order valence-corrected chi connectivity index (χ0v) is 15.8. The van der Waals surface area contributed by atoms with Gasteiger partial charge in [0.25, 0.3) is 0 Å². The van der Waals surface area contributed by atoms with Crippen molar-refractivity contribution in [2.45, 2.75) is 56.0 Å². The molecule has 2 aromatic rings. The lowest BCUT2D eigenvalue weighted by atomic mass is 9.79. The molecule has 1 aromatic carbocycles. The highest BCUT2D eigenvalue weighted by atomic mass is 32.2. The summed E-state index contributed by atoms with van der Waals surface area (Å²) in [7, 11) is 1.87. The van der Waals surface area contributed by atoms with Gasteiger partial charge in [-0.2, -0.15) is 0 Å². The molecule has 5 nitrogen and oxygen atoms in total. The van der Waals surface area contributed by atoms with Gasteiger partial charge in [-0.25, -0.2) is 0 Å². The lowest BCUT2D eigenvalue weighted by Gasteiger charge is -2.29. The fourth-order valence-electron chi connectivity index (χ4n) is 2.77. The Morgan fingerprint density at radius 2 is 1.96 bits per heavy atom. The Morgan fingerprint density at radius 3 is 2.54 bits per heavy atom. The number of nitrogens with one attached hydrogen (secondary N) is 1. The minimum atomic E-state index is -0.213. The zero-order chi connectivity index (χ0) is 17.7. The summed E-state index contributed by atoms with van der Waals surface area (Å²) in [5.74, 6) is 0.0272. The fraction of sp³-hybridized carbons (Fsp3) is 0.500. The number of amides is 1. The number of carbonyl (C=O) groups excluding carboxylic acids is 1. The van der Waals surface area contributed by atoms with Gasteiger partial charge in [0.05, 0.1) is 5.25 Å². The Kier molecular flexibility index (Phi) is 6.04. The number of aryl methyl sites for hydroxylation is 1. The molecule has 24 heavy (non-hydrogen) atoms. The second kappa shape index (κ2) is 7.83. The predicted molar refractivity (Wildman–Crippen MR) is 98.0 cm³/mol. The molecule has 1 aromatic heterocycles. The Labute approximate surface area is 148 Å². The van der Waals surface area contributed by atoms with Crippen molar-refractivity contribution in [2.24, 2.45) is 7.05 Å². The van der Waals surface area contributed by atoms with Crippen molar-refractivity contribution in [1.29, 1.82) is 0 Å². The molecule has 0 radical (unpaired) electrons. The summed E-state index contributed by atoms with van der Waals surface area (Å²) < 4.78 is 1.82. The van der Waals surface area contributed by atoms with E-state index >= 15 is 0 Å². The molecule has 130 valence electrons. The molecule has 0 aliphatic carbocycles. The van der Waals surface area contributed by atoms with Gasteiger partial charge in [0.1, 0.15) is 6.33 Å². The Bertz CT molecular complexity index is 669. The lowest BCUT2D eigenvalue weighted by Crippen LogP contribution is -2.40. The molecule has 0 unspecified atom stereocenters. The van der Waals surface area contributed by atoms with Crippen molar-refractivity contribution in [1.82, 2.24) is 20.1 Å². The number of nitrogens with zero attached hydrogens (tertiary/aromatic N) is 3. The summed E-state index contributed by atoms with van der Waals surface area (Å²) in [6.07, 6.45) is 2.52. The van der Waals surface area contributed by atoms with Crippen molar-refractivity contribution >= 4 is 17.7 Å². The van der Waals surface area contributed by atoms with E-state index in [1.54, 1.807) is 6.33 Å². The van der Waals surface area contributed by atoms with E-state index in [1.165, 1.54) is 17.3 Å². The van der Waals surface area contributed by atoms with Crippen LogP contribution >= 0.6 is 11.8 Å². The quantitative estimate of drug-likeness (QED) is 0.782. The van der Waals surface area contributed by atoms with Crippen LogP contribution in [0.5, 0.6) is 0 Å². The number of carbonyl (C=O) groups is 1. The molecule has 0 bridgehead atoms. The Balaban J connectivity index is 1.90. The topological polar surface area (TPSA) is 59.8 Å². The number of thioether (sulfide) groups is 1. The first kappa shape index (κ1) is 18.5. The number of hydrogen-bond donors (Lipinski definition) is 1. The zero-order valence-electron chi connectivity index (χ0n) is 15.0. The molecule has 0 spiro atoms. The van der Waals surface area contributed by atoms with E-state index in [-0.39, 0.29) is 22.6 Å². The second-order valence-electron chi connectivity index (χ2n) is 6.85. The molecule has 2 atom stereocenters. The molecule has 0 fully saturated rings. The number of rotatable bonds is 7. The predicted octanol–water partition coefficient (Wildman–Crippen LogP) is 3.17. The first-order valence-electron chi connectivity index (χ1n) is 8.16. The third-order valence-electron chi connectivity index (χ3n) is 4.08. The minimum absolute atomic E-state index is 0.00787. The van der Waals surface area contributed by atoms with Crippen molar-refractivity contribution in [3.63, 3.8) is 0 Å². The highest BCUT2D eigenvalue weighted by Gasteiger charge is 2.25. The minimum Gasteiger partial charge on any atom is -0.353 e. The smallest absolute Gasteiger partial charge is 0.233 e. The van der Waals surface area contributed by atoms with Gasteiger partial charge < -0.3 is 9.88 Å². The van der Waals surface area contributed by atoms with Crippen LogP contribution in [-0.4, -0.2) is 32.0 Å². The maximum atomic E-state index is 12.4. The summed E-state index contributed by atoms with van der Waals surface area (Å²) in [6.45, 7) is 8.37. The molecular weight excluding hydrogens is 320 g/mol. The molecule has 1 heterocycles. The van der Waals surface area contributed by atoms with E-state index in [1.807, 2.05) is 24.6 Å². The molecule has 6 heteroatoms. The third-order valence-corrected chi connectivity index (χ3v) is 5.23. The fourth-order valence-corrected chi connectivity index (χ4v) is 3.57. The van der Waals surface area contributed by atoms with E-state index in [4.69, 9.17) is 0 Å². The summed E-state index contributed by atoms with van der Waals surface area (Å²) in [6, 6.07) is 10.5. The second-order valence-corrected chi connectivity index (χ2v) is 8.16. The van der Waals surface area contributed by atoms with Crippen LogP contribution in [0.1, 0.15) is 39.7 Å². The van der Waals surface area contributed by atoms with E-state index < -0.39 is 0 Å². The van der Waals surface area contributed by atoms with Crippen molar-refractivity contribution in [2.75, 3.05) is 0 Å². The first-order valence-corrected chi connectivity index (χ1v) is 9.04. The van der Waals surface area contributed by atoms with Gasteiger partial charge in [0.2, 0.25) is 5.91 Å². The molecule has 0 saturated carbocycles. The van der Waals surface area contributed by atoms with Gasteiger partial charge in [-0.1, -0.05) is 55.9 Å². The van der Waals surface area contributed by atoms with Crippen LogP contribution in [0, 0.1) is 0 Å². The van der Waals surface area contributed by atoms with Crippen LogP contribution in [-0.2, 0) is 17.3 Å². The molecule has 1 N–H and O–H groups in total. The maximum absolute atomic E-state index is 12.4. The number of benzene rings is 1. The third kappa shape index (κ3) is 4.84. The summed E-state index contributed by atoms with van der Waals surface area (Å²) >= 11 is 1.42. The van der Waals surface area contributed by atoms with Crippen molar-refractivity contribution < 1.29 is 4.79 Å². The van der Waals surface area contributed by atoms with Crippen LogP contribution in [0.25, 0.3) is 0 Å². The van der Waals surface area contributed by atoms with Gasteiger partial charge in [-0.15, -0.1) is 10.2 Å². The van der Waals surface area contributed by atoms with Crippen LogP contribution < -0.4 is 5.32 Å². The van der Waals surface area contributed by atoms with Gasteiger partial charge in [-0.05, 0) is 31.2 Å². The Morgan fingerprint density at radius 1 is 1.29 bits per heavy atom. The van der Waals surface area contributed by atoms with Gasteiger partial charge in [0.15, 0.2) is 5.16 Å². The van der Waals surface area contributed by atoms with E-state index in [9.17, 15) is 4.79 Å². The summed E-state index contributed by atoms with van der Waals surface area (Å²) in [5.41, 5.74) is 1.29. The molecule has 0 aliphatic heterocycles. The molecule has 0 saturated heterocycles. The van der Waals surface area contributed by atoms with Crippen LogP contribution in [0.15, 0.2) is 41.8 Å². The first-order chi connectivity index (χ1) is 11.3.